The zero-order valence-electron chi connectivity index (χ0n) is 9.14. The average molecular weight is 368 g/mol. The van der Waals surface area contributed by atoms with Gasteiger partial charge in [0.05, 0.1) is 16.2 Å². The van der Waals surface area contributed by atoms with Crippen molar-refractivity contribution in [3.05, 3.63) is 45.6 Å². The molecule has 0 saturated carbocycles. The minimum Gasteiger partial charge on any atom is -0.399 e. The Bertz CT molecular complexity index is 736. The van der Waals surface area contributed by atoms with Crippen molar-refractivity contribution in [1.29, 1.82) is 0 Å². The molecule has 0 unspecified atom stereocenters. The molecule has 0 amide bonds. The first-order valence-corrected chi connectivity index (χ1v) is 6.78. The topological polar surface area (TPSA) is 56.7 Å². The van der Waals surface area contributed by atoms with Crippen LogP contribution < -0.4 is 5.73 Å². The Labute approximate surface area is 120 Å². The molecule has 90 valence electrons. The standard InChI is InChI=1S/C12H8Br2N4/c13-8-3-10(14)12(16-6-8)18-11-4-9(15)2-1-7(11)5-17-18/h1-6H,15H2. The summed E-state index contributed by atoms with van der Waals surface area (Å²) in [5.74, 6) is 0.735. The fourth-order valence-electron chi connectivity index (χ4n) is 1.77. The molecule has 0 radical (unpaired) electrons. The maximum atomic E-state index is 5.81. The highest BCUT2D eigenvalue weighted by molar-refractivity contribution is 9.11. The van der Waals surface area contributed by atoms with Crippen molar-refractivity contribution >= 4 is 48.5 Å². The third-order valence-corrected chi connectivity index (χ3v) is 3.60. The maximum absolute atomic E-state index is 5.81. The number of rotatable bonds is 1. The van der Waals surface area contributed by atoms with Crippen LogP contribution in [0.3, 0.4) is 0 Å². The van der Waals surface area contributed by atoms with Crippen LogP contribution in [0.25, 0.3) is 16.7 Å². The van der Waals surface area contributed by atoms with E-state index in [0.717, 1.165) is 25.7 Å². The molecule has 3 aromatic rings. The Balaban J connectivity index is 2.28. The van der Waals surface area contributed by atoms with Crippen LogP contribution in [0.5, 0.6) is 0 Å². The van der Waals surface area contributed by atoms with Crippen LogP contribution in [0.1, 0.15) is 0 Å². The van der Waals surface area contributed by atoms with E-state index in [1.54, 1.807) is 17.1 Å². The Kier molecular flexibility index (Phi) is 2.83. The summed E-state index contributed by atoms with van der Waals surface area (Å²) in [4.78, 5) is 4.37. The normalized spacial score (nSPS) is 11.0. The second kappa shape index (κ2) is 4.37. The van der Waals surface area contributed by atoms with Crippen molar-refractivity contribution < 1.29 is 0 Å². The van der Waals surface area contributed by atoms with Gasteiger partial charge in [-0.2, -0.15) is 5.10 Å². The molecule has 0 aliphatic rings. The van der Waals surface area contributed by atoms with Crippen LogP contribution in [0.4, 0.5) is 5.69 Å². The van der Waals surface area contributed by atoms with Gasteiger partial charge in [-0.05, 0) is 56.1 Å². The Morgan fingerprint density at radius 3 is 2.72 bits per heavy atom. The first-order chi connectivity index (χ1) is 8.65. The largest absolute Gasteiger partial charge is 0.399 e. The highest BCUT2D eigenvalue weighted by Gasteiger charge is 2.10. The van der Waals surface area contributed by atoms with Gasteiger partial charge in [0.15, 0.2) is 5.82 Å². The number of nitrogens with zero attached hydrogens (tertiary/aromatic N) is 3. The van der Waals surface area contributed by atoms with Gasteiger partial charge in [0.25, 0.3) is 0 Å². The number of fused-ring (bicyclic) bond motifs is 1. The van der Waals surface area contributed by atoms with Gasteiger partial charge < -0.3 is 5.73 Å². The van der Waals surface area contributed by atoms with Gasteiger partial charge in [-0.25, -0.2) is 9.67 Å². The molecule has 0 saturated heterocycles. The van der Waals surface area contributed by atoms with Crippen LogP contribution in [-0.4, -0.2) is 14.8 Å². The fraction of sp³-hybridized carbons (Fsp3) is 0. The van der Waals surface area contributed by atoms with E-state index in [0.29, 0.717) is 5.69 Å². The molecule has 0 aliphatic carbocycles. The number of halogens is 2. The van der Waals surface area contributed by atoms with Crippen molar-refractivity contribution in [2.24, 2.45) is 0 Å². The Morgan fingerprint density at radius 2 is 1.94 bits per heavy atom. The molecule has 0 aliphatic heterocycles. The number of pyridine rings is 1. The zero-order chi connectivity index (χ0) is 12.7. The second-order valence-electron chi connectivity index (χ2n) is 3.83. The summed E-state index contributed by atoms with van der Waals surface area (Å²) in [6.45, 7) is 0. The lowest BCUT2D eigenvalue weighted by Crippen LogP contribution is -2.00. The Morgan fingerprint density at radius 1 is 1.11 bits per heavy atom. The van der Waals surface area contributed by atoms with Crippen molar-refractivity contribution in [2.45, 2.75) is 0 Å². The van der Waals surface area contributed by atoms with Crippen molar-refractivity contribution in [1.82, 2.24) is 14.8 Å². The van der Waals surface area contributed by atoms with Gasteiger partial charge in [-0.15, -0.1) is 0 Å². The predicted molar refractivity (Wildman–Crippen MR) is 78.7 cm³/mol. The first-order valence-electron chi connectivity index (χ1n) is 5.20. The smallest absolute Gasteiger partial charge is 0.168 e. The average Bonchev–Trinajstić information content (AvgIpc) is 2.72. The SMILES string of the molecule is Nc1ccc2cnn(-c3ncc(Br)cc3Br)c2c1. The van der Waals surface area contributed by atoms with E-state index >= 15 is 0 Å². The molecule has 2 N–H and O–H groups in total. The molecular weight excluding hydrogens is 360 g/mol. The summed E-state index contributed by atoms with van der Waals surface area (Å²) in [5.41, 5.74) is 7.45. The van der Waals surface area contributed by atoms with E-state index < -0.39 is 0 Å². The number of hydrogen-bond donors (Lipinski definition) is 1. The van der Waals surface area contributed by atoms with Gasteiger partial charge in [0.1, 0.15) is 0 Å². The quantitative estimate of drug-likeness (QED) is 0.669. The minimum atomic E-state index is 0.706. The van der Waals surface area contributed by atoms with Gasteiger partial charge in [0.2, 0.25) is 0 Å². The summed E-state index contributed by atoms with van der Waals surface area (Å²) in [5, 5.41) is 5.38. The van der Waals surface area contributed by atoms with Crippen LogP contribution in [0.15, 0.2) is 45.6 Å². The van der Waals surface area contributed by atoms with Crippen LogP contribution >= 0.6 is 31.9 Å². The molecule has 18 heavy (non-hydrogen) atoms. The molecule has 0 atom stereocenters. The molecule has 0 fully saturated rings. The van der Waals surface area contributed by atoms with E-state index in [4.69, 9.17) is 5.73 Å². The molecule has 3 rings (SSSR count). The number of nitrogen functional groups attached to an aromatic ring is 1. The van der Waals surface area contributed by atoms with E-state index in [1.165, 1.54) is 0 Å². The number of nitrogens with two attached hydrogens (primary N) is 1. The van der Waals surface area contributed by atoms with Crippen LogP contribution in [0.2, 0.25) is 0 Å². The monoisotopic (exact) mass is 366 g/mol. The lowest BCUT2D eigenvalue weighted by molar-refractivity contribution is 0.868. The van der Waals surface area contributed by atoms with Crippen molar-refractivity contribution in [3.8, 4) is 5.82 Å². The zero-order valence-corrected chi connectivity index (χ0v) is 12.3. The summed E-state index contributed by atoms with van der Waals surface area (Å²) in [6.07, 6.45) is 3.53. The highest BCUT2D eigenvalue weighted by Crippen LogP contribution is 2.26. The van der Waals surface area contributed by atoms with Crippen molar-refractivity contribution in [3.63, 3.8) is 0 Å². The van der Waals surface area contributed by atoms with Gasteiger partial charge in [-0.1, -0.05) is 0 Å². The van der Waals surface area contributed by atoms with E-state index in [-0.39, 0.29) is 0 Å². The molecular formula is C12H8Br2N4. The van der Waals surface area contributed by atoms with Gasteiger partial charge in [0, 0.05) is 21.7 Å². The lowest BCUT2D eigenvalue weighted by atomic mass is 10.2. The van der Waals surface area contributed by atoms with E-state index in [9.17, 15) is 0 Å². The van der Waals surface area contributed by atoms with Gasteiger partial charge in [-0.3, -0.25) is 0 Å². The van der Waals surface area contributed by atoms with E-state index in [2.05, 4.69) is 41.9 Å². The highest BCUT2D eigenvalue weighted by atomic mass is 79.9. The fourth-order valence-corrected chi connectivity index (χ4v) is 2.92. The summed E-state index contributed by atoms with van der Waals surface area (Å²) in [6, 6.07) is 7.62. The van der Waals surface area contributed by atoms with Crippen LogP contribution in [-0.2, 0) is 0 Å². The third-order valence-electron chi connectivity index (χ3n) is 2.58. The molecule has 2 heterocycles. The molecule has 6 heteroatoms. The number of anilines is 1. The third kappa shape index (κ3) is 1.91. The van der Waals surface area contributed by atoms with Crippen LogP contribution in [0, 0.1) is 0 Å². The maximum Gasteiger partial charge on any atom is 0.168 e. The number of aromatic nitrogens is 3. The summed E-state index contributed by atoms with van der Waals surface area (Å²) >= 11 is 6.87. The molecule has 0 bridgehead atoms. The number of hydrogen-bond acceptors (Lipinski definition) is 3. The summed E-state index contributed by atoms with van der Waals surface area (Å²) in [7, 11) is 0. The molecule has 1 aromatic carbocycles. The first kappa shape index (κ1) is 11.7. The molecule has 0 spiro atoms. The Hall–Kier alpha value is -1.40. The minimum absolute atomic E-state index is 0.706. The summed E-state index contributed by atoms with van der Waals surface area (Å²) < 4.78 is 3.54. The van der Waals surface area contributed by atoms with Crippen molar-refractivity contribution in [2.75, 3.05) is 5.73 Å². The second-order valence-corrected chi connectivity index (χ2v) is 5.60. The molecule has 2 aromatic heterocycles. The lowest BCUT2D eigenvalue weighted by Gasteiger charge is -2.05. The van der Waals surface area contributed by atoms with Gasteiger partial charge >= 0.3 is 0 Å². The number of benzene rings is 1. The molecule has 4 nitrogen and oxygen atoms in total. The predicted octanol–water partition coefficient (Wildman–Crippen LogP) is 3.53. The van der Waals surface area contributed by atoms with E-state index in [1.807, 2.05) is 24.3 Å².